The van der Waals surface area contributed by atoms with Gasteiger partial charge < -0.3 is 10.4 Å². The molecule has 2 aliphatic rings. The predicted octanol–water partition coefficient (Wildman–Crippen LogP) is 2.23. The van der Waals surface area contributed by atoms with E-state index in [1.807, 2.05) is 12.1 Å². The minimum Gasteiger partial charge on any atom is -0.465 e. The van der Waals surface area contributed by atoms with E-state index in [9.17, 15) is 14.0 Å². The molecule has 0 unspecified atom stereocenters. The fourth-order valence-corrected chi connectivity index (χ4v) is 4.20. The van der Waals surface area contributed by atoms with E-state index in [1.54, 1.807) is 5.01 Å². The molecule has 1 atom stereocenters. The van der Waals surface area contributed by atoms with Crippen LogP contribution in [0.25, 0.3) is 0 Å². The smallest absolute Gasteiger partial charge is 0.404 e. The lowest BCUT2D eigenvalue weighted by Gasteiger charge is -2.26. The highest BCUT2D eigenvalue weighted by atomic mass is 35.5. The first kappa shape index (κ1) is 22.3. The number of anilines is 2. The number of carbonyl (C=O) groups is 2. The molecule has 1 aliphatic carbocycles. The van der Waals surface area contributed by atoms with Gasteiger partial charge in [-0.2, -0.15) is 14.4 Å². The zero-order valence-corrected chi connectivity index (χ0v) is 17.6. The van der Waals surface area contributed by atoms with Gasteiger partial charge in [-0.25, -0.2) is 9.80 Å². The maximum absolute atomic E-state index is 15.0. The summed E-state index contributed by atoms with van der Waals surface area (Å²) in [5, 5.41) is 14.5. The van der Waals surface area contributed by atoms with E-state index in [2.05, 4.69) is 26.1 Å². The lowest BCUT2D eigenvalue weighted by molar-refractivity contribution is -0.124. The van der Waals surface area contributed by atoms with Gasteiger partial charge in [-0.3, -0.25) is 20.7 Å². The van der Waals surface area contributed by atoms with Crippen molar-refractivity contribution in [1.82, 2.24) is 25.7 Å². The average molecular weight is 444 g/mol. The van der Waals surface area contributed by atoms with Gasteiger partial charge in [0, 0.05) is 26.7 Å². The van der Waals surface area contributed by atoms with E-state index in [-0.39, 0.29) is 23.5 Å². The fourth-order valence-electron chi connectivity index (χ4n) is 4.04. The predicted molar refractivity (Wildman–Crippen MR) is 109 cm³/mol. The monoisotopic (exact) mass is 443 g/mol. The standard InChI is InChI=1S/C18H27ClFN7O3/c1-26-7-4-8-27(26)15-13(20)14(22-17(19)23-15)24-25-16(28)12(10-21-18(29)30)9-11-5-2-3-6-11/h11-12,21H,2-10H2,1H3,(H,25,28)(H,29,30)(H,22,23,24)/t12-/m1/s1. The Labute approximate surface area is 179 Å². The van der Waals surface area contributed by atoms with Crippen LogP contribution in [0, 0.1) is 17.7 Å². The van der Waals surface area contributed by atoms with Crippen LogP contribution in [0.4, 0.5) is 20.8 Å². The van der Waals surface area contributed by atoms with E-state index < -0.39 is 23.7 Å². The Morgan fingerprint density at radius 2 is 2.00 bits per heavy atom. The summed E-state index contributed by atoms with van der Waals surface area (Å²) in [6, 6.07) is 0. The lowest BCUT2D eigenvalue weighted by Crippen LogP contribution is -2.42. The number of carbonyl (C=O) groups excluding carboxylic acids is 1. The molecule has 0 spiro atoms. The number of hydrogen-bond donors (Lipinski definition) is 4. The molecule has 10 nitrogen and oxygen atoms in total. The largest absolute Gasteiger partial charge is 0.465 e. The molecule has 166 valence electrons. The first-order valence-corrected chi connectivity index (χ1v) is 10.5. The second kappa shape index (κ2) is 10.1. The third kappa shape index (κ3) is 5.60. The molecule has 2 fully saturated rings. The van der Waals surface area contributed by atoms with Crippen molar-refractivity contribution in [3.05, 3.63) is 11.1 Å². The number of halogens is 2. The Balaban J connectivity index is 1.67. The molecule has 3 rings (SSSR count). The van der Waals surface area contributed by atoms with Gasteiger partial charge in [-0.1, -0.05) is 25.7 Å². The molecule has 1 aromatic heterocycles. The van der Waals surface area contributed by atoms with Crippen molar-refractivity contribution in [3.63, 3.8) is 0 Å². The van der Waals surface area contributed by atoms with Crippen molar-refractivity contribution >= 4 is 35.2 Å². The maximum Gasteiger partial charge on any atom is 0.404 e. The number of hydrazine groups is 2. The Morgan fingerprint density at radius 1 is 1.27 bits per heavy atom. The van der Waals surface area contributed by atoms with Crippen molar-refractivity contribution in [2.75, 3.05) is 37.1 Å². The number of rotatable bonds is 8. The van der Waals surface area contributed by atoms with Crippen LogP contribution in [0.15, 0.2) is 0 Å². The van der Waals surface area contributed by atoms with E-state index in [0.717, 1.165) is 38.6 Å². The first-order chi connectivity index (χ1) is 14.3. The Bertz CT molecular complexity index is 778. The molecule has 2 heterocycles. The zero-order valence-electron chi connectivity index (χ0n) is 16.8. The van der Waals surface area contributed by atoms with Crippen molar-refractivity contribution in [2.24, 2.45) is 11.8 Å². The molecular formula is C18H27ClFN7O3. The van der Waals surface area contributed by atoms with Crippen LogP contribution in [0.5, 0.6) is 0 Å². The van der Waals surface area contributed by atoms with Crippen LogP contribution >= 0.6 is 11.6 Å². The van der Waals surface area contributed by atoms with E-state index >= 15 is 0 Å². The quantitative estimate of drug-likeness (QED) is 0.356. The van der Waals surface area contributed by atoms with Crippen LogP contribution in [-0.4, -0.2) is 58.8 Å². The Hall–Kier alpha value is -2.40. The second-order valence-corrected chi connectivity index (χ2v) is 8.06. The maximum atomic E-state index is 15.0. The van der Waals surface area contributed by atoms with E-state index in [1.165, 1.54) is 0 Å². The van der Waals surface area contributed by atoms with Crippen molar-refractivity contribution in [1.29, 1.82) is 0 Å². The lowest BCUT2D eigenvalue weighted by atomic mass is 9.92. The molecule has 1 aliphatic heterocycles. The average Bonchev–Trinajstić information content (AvgIpc) is 3.36. The minimum absolute atomic E-state index is 0.0177. The highest BCUT2D eigenvalue weighted by Crippen LogP contribution is 2.30. The number of amides is 2. The number of aromatic nitrogens is 2. The van der Waals surface area contributed by atoms with Crippen LogP contribution < -0.4 is 21.2 Å². The minimum atomic E-state index is -1.19. The van der Waals surface area contributed by atoms with Gasteiger partial charge in [-0.15, -0.1) is 0 Å². The summed E-state index contributed by atoms with van der Waals surface area (Å²) in [6.07, 6.45) is 4.49. The molecular weight excluding hydrogens is 417 g/mol. The van der Waals surface area contributed by atoms with Gasteiger partial charge in [0.15, 0.2) is 11.6 Å². The summed E-state index contributed by atoms with van der Waals surface area (Å²) in [6.45, 7) is 1.34. The molecule has 12 heteroatoms. The number of hydrogen-bond acceptors (Lipinski definition) is 7. The summed E-state index contributed by atoms with van der Waals surface area (Å²) in [5.74, 6) is -1.60. The molecule has 30 heavy (non-hydrogen) atoms. The van der Waals surface area contributed by atoms with Gasteiger partial charge in [0.05, 0.1) is 5.92 Å². The molecule has 0 aromatic carbocycles. The zero-order chi connectivity index (χ0) is 21.7. The Morgan fingerprint density at radius 3 is 2.63 bits per heavy atom. The SMILES string of the molecule is CN1CCCN1c1nc(Cl)nc(NNC(=O)[C@@H](CNC(=O)O)CC2CCCC2)c1F. The molecule has 0 bridgehead atoms. The van der Waals surface area contributed by atoms with E-state index in [4.69, 9.17) is 16.7 Å². The molecule has 1 aromatic rings. The molecule has 1 saturated heterocycles. The van der Waals surface area contributed by atoms with Gasteiger partial charge >= 0.3 is 6.09 Å². The molecule has 4 N–H and O–H groups in total. The van der Waals surface area contributed by atoms with Crippen LogP contribution in [0.2, 0.25) is 5.28 Å². The third-order valence-electron chi connectivity index (χ3n) is 5.58. The first-order valence-electron chi connectivity index (χ1n) is 10.1. The molecule has 2 amide bonds. The summed E-state index contributed by atoms with van der Waals surface area (Å²) < 4.78 is 15.0. The topological polar surface area (TPSA) is 123 Å². The van der Waals surface area contributed by atoms with Gasteiger partial charge in [0.25, 0.3) is 0 Å². The van der Waals surface area contributed by atoms with Gasteiger partial charge in [0.1, 0.15) is 0 Å². The van der Waals surface area contributed by atoms with Crippen LogP contribution in [0.1, 0.15) is 38.5 Å². The number of nitrogens with zero attached hydrogens (tertiary/aromatic N) is 4. The fraction of sp³-hybridized carbons (Fsp3) is 0.667. The second-order valence-electron chi connectivity index (χ2n) is 7.72. The summed E-state index contributed by atoms with van der Waals surface area (Å²) in [5.41, 5.74) is 4.95. The normalized spacial score (nSPS) is 18.4. The van der Waals surface area contributed by atoms with Crippen molar-refractivity contribution < 1.29 is 19.1 Å². The van der Waals surface area contributed by atoms with Crippen LogP contribution in [0.3, 0.4) is 0 Å². The van der Waals surface area contributed by atoms with Gasteiger partial charge in [-0.05, 0) is 30.4 Å². The summed E-state index contributed by atoms with van der Waals surface area (Å²) in [4.78, 5) is 31.4. The van der Waals surface area contributed by atoms with Gasteiger partial charge in [0.2, 0.25) is 17.0 Å². The van der Waals surface area contributed by atoms with Crippen LogP contribution in [-0.2, 0) is 4.79 Å². The molecule has 0 radical (unpaired) electrons. The third-order valence-corrected chi connectivity index (χ3v) is 5.75. The summed E-state index contributed by atoms with van der Waals surface area (Å²) in [7, 11) is 1.82. The summed E-state index contributed by atoms with van der Waals surface area (Å²) >= 11 is 5.96. The highest BCUT2D eigenvalue weighted by Gasteiger charge is 2.28. The van der Waals surface area contributed by atoms with E-state index in [0.29, 0.717) is 18.9 Å². The van der Waals surface area contributed by atoms with Crippen molar-refractivity contribution in [3.8, 4) is 0 Å². The Kier molecular flexibility index (Phi) is 7.48. The highest BCUT2D eigenvalue weighted by molar-refractivity contribution is 6.28. The number of carboxylic acid groups (broad SMARTS) is 1. The van der Waals surface area contributed by atoms with Crippen molar-refractivity contribution in [2.45, 2.75) is 38.5 Å². The number of nitrogens with one attached hydrogen (secondary N) is 3. The molecule has 1 saturated carbocycles.